The fourth-order valence-electron chi connectivity index (χ4n) is 2.35. The molecule has 0 bridgehead atoms. The Hall–Kier alpha value is -1.58. The maximum atomic E-state index is 4.26. The van der Waals surface area contributed by atoms with Gasteiger partial charge in [0.25, 0.3) is 0 Å². The van der Waals surface area contributed by atoms with E-state index in [2.05, 4.69) is 87.2 Å². The molecular formula is C21H21Br2N. The van der Waals surface area contributed by atoms with Gasteiger partial charge in [-0.25, -0.2) is 0 Å². The van der Waals surface area contributed by atoms with Crippen molar-refractivity contribution in [3.05, 3.63) is 94.1 Å². The van der Waals surface area contributed by atoms with E-state index in [0.29, 0.717) is 0 Å². The summed E-state index contributed by atoms with van der Waals surface area (Å²) in [7, 11) is 0. The highest BCUT2D eigenvalue weighted by molar-refractivity contribution is 9.10. The lowest BCUT2D eigenvalue weighted by molar-refractivity contribution is 0.929. The molecule has 2 rings (SSSR count). The zero-order chi connectivity index (χ0) is 17.5. The van der Waals surface area contributed by atoms with E-state index in [9.17, 15) is 0 Å². The van der Waals surface area contributed by atoms with Crippen LogP contribution in [0.15, 0.2) is 94.1 Å². The number of benzene rings is 2. The second-order valence-corrected chi connectivity index (χ2v) is 7.35. The van der Waals surface area contributed by atoms with Gasteiger partial charge in [-0.05, 0) is 61.0 Å². The van der Waals surface area contributed by atoms with Gasteiger partial charge >= 0.3 is 0 Å². The molecule has 0 radical (unpaired) electrons. The summed E-state index contributed by atoms with van der Waals surface area (Å²) in [5, 5.41) is 0. The van der Waals surface area contributed by atoms with Crippen LogP contribution in [0.2, 0.25) is 0 Å². The molecule has 24 heavy (non-hydrogen) atoms. The number of anilines is 2. The van der Waals surface area contributed by atoms with Crippen LogP contribution in [0, 0.1) is 0 Å². The van der Waals surface area contributed by atoms with Gasteiger partial charge in [0, 0.05) is 26.0 Å². The van der Waals surface area contributed by atoms with Crippen molar-refractivity contribution in [2.75, 3.05) is 4.90 Å². The molecule has 0 N–H and O–H groups in total. The summed E-state index contributed by atoms with van der Waals surface area (Å²) < 4.78 is 2.11. The van der Waals surface area contributed by atoms with Crippen LogP contribution in [-0.4, -0.2) is 0 Å². The van der Waals surface area contributed by atoms with E-state index >= 15 is 0 Å². The lowest BCUT2D eigenvalue weighted by atomic mass is 10.1. The summed E-state index contributed by atoms with van der Waals surface area (Å²) in [6.45, 7) is 10.5. The first kappa shape index (κ1) is 18.8. The van der Waals surface area contributed by atoms with Crippen molar-refractivity contribution in [2.45, 2.75) is 19.8 Å². The Morgan fingerprint density at radius 1 is 0.875 bits per heavy atom. The molecule has 0 fully saturated rings. The van der Waals surface area contributed by atoms with E-state index in [1.54, 1.807) is 0 Å². The van der Waals surface area contributed by atoms with Gasteiger partial charge in [0.1, 0.15) is 0 Å². The van der Waals surface area contributed by atoms with Crippen LogP contribution in [0.4, 0.5) is 11.4 Å². The Kier molecular flexibility index (Phi) is 7.07. The quantitative estimate of drug-likeness (QED) is 0.392. The number of hydrogen-bond acceptors (Lipinski definition) is 1. The molecule has 2 aromatic carbocycles. The molecule has 0 aromatic heterocycles. The highest BCUT2D eigenvalue weighted by Gasteiger charge is 2.11. The first-order chi connectivity index (χ1) is 11.5. The second-order valence-electron chi connectivity index (χ2n) is 5.52. The lowest BCUT2D eigenvalue weighted by Crippen LogP contribution is -2.14. The maximum Gasteiger partial charge on any atom is 0.0462 e. The van der Waals surface area contributed by atoms with E-state index in [4.69, 9.17) is 0 Å². The molecule has 0 heterocycles. The summed E-state index contributed by atoms with van der Waals surface area (Å²) in [6, 6.07) is 16.4. The first-order valence-electron chi connectivity index (χ1n) is 7.87. The SMILES string of the molecule is C=C(/C=C\C(=C)N(c1ccc(Br)cc1)c1ccc(Br)cc1)CCC. The Bertz CT molecular complexity index is 682. The van der Waals surface area contributed by atoms with Crippen molar-refractivity contribution in [3.8, 4) is 0 Å². The molecule has 2 aromatic rings. The molecule has 3 heteroatoms. The predicted molar refractivity (Wildman–Crippen MR) is 113 cm³/mol. The van der Waals surface area contributed by atoms with Crippen molar-refractivity contribution < 1.29 is 0 Å². The van der Waals surface area contributed by atoms with Crippen molar-refractivity contribution in [1.29, 1.82) is 0 Å². The van der Waals surface area contributed by atoms with Gasteiger partial charge in [0.05, 0.1) is 0 Å². The molecular weight excluding hydrogens is 426 g/mol. The standard InChI is InChI=1S/C21H21Br2N/c1-4-5-16(2)6-7-17(3)24(20-12-8-18(22)9-13-20)21-14-10-19(23)11-15-21/h6-15H,2-5H2,1H3/b7-6-. The van der Waals surface area contributed by atoms with E-state index in [1.807, 2.05) is 30.3 Å². The summed E-state index contributed by atoms with van der Waals surface area (Å²) >= 11 is 6.98. The third-order valence-corrected chi connectivity index (χ3v) is 4.60. The lowest BCUT2D eigenvalue weighted by Gasteiger charge is -2.25. The van der Waals surface area contributed by atoms with Gasteiger partial charge in [-0.2, -0.15) is 0 Å². The average molecular weight is 447 g/mol. The molecule has 0 aliphatic rings. The zero-order valence-electron chi connectivity index (χ0n) is 13.8. The summed E-state index contributed by atoms with van der Waals surface area (Å²) in [4.78, 5) is 2.13. The van der Waals surface area contributed by atoms with E-state index in [1.165, 1.54) is 0 Å². The van der Waals surface area contributed by atoms with Gasteiger partial charge in [-0.15, -0.1) is 0 Å². The van der Waals surface area contributed by atoms with Gasteiger partial charge in [-0.1, -0.05) is 70.0 Å². The topological polar surface area (TPSA) is 3.24 Å². The van der Waals surface area contributed by atoms with E-state index in [0.717, 1.165) is 44.4 Å². The minimum Gasteiger partial charge on any atom is -0.311 e. The monoisotopic (exact) mass is 445 g/mol. The van der Waals surface area contributed by atoms with Crippen molar-refractivity contribution in [1.82, 2.24) is 0 Å². The summed E-state index contributed by atoms with van der Waals surface area (Å²) in [5.41, 5.74) is 4.15. The summed E-state index contributed by atoms with van der Waals surface area (Å²) in [6.07, 6.45) is 6.18. The first-order valence-corrected chi connectivity index (χ1v) is 9.46. The fourth-order valence-corrected chi connectivity index (χ4v) is 2.88. The molecule has 0 saturated carbocycles. The number of rotatable bonds is 7. The van der Waals surface area contributed by atoms with Crippen molar-refractivity contribution >= 4 is 43.2 Å². The highest BCUT2D eigenvalue weighted by Crippen LogP contribution is 2.31. The minimum absolute atomic E-state index is 0.900. The Morgan fingerprint density at radius 2 is 1.33 bits per heavy atom. The normalized spacial score (nSPS) is 10.8. The minimum atomic E-state index is 0.900. The highest BCUT2D eigenvalue weighted by atomic mass is 79.9. The number of nitrogens with zero attached hydrogens (tertiary/aromatic N) is 1. The molecule has 1 nitrogen and oxygen atoms in total. The Morgan fingerprint density at radius 3 is 1.75 bits per heavy atom. The maximum absolute atomic E-state index is 4.26. The van der Waals surface area contributed by atoms with Crippen LogP contribution in [0.1, 0.15) is 19.8 Å². The zero-order valence-corrected chi connectivity index (χ0v) is 17.0. The van der Waals surface area contributed by atoms with Crippen LogP contribution in [0.5, 0.6) is 0 Å². The molecule has 0 unspecified atom stereocenters. The molecule has 124 valence electrons. The van der Waals surface area contributed by atoms with Crippen molar-refractivity contribution in [2.24, 2.45) is 0 Å². The van der Waals surface area contributed by atoms with E-state index in [-0.39, 0.29) is 0 Å². The number of hydrogen-bond donors (Lipinski definition) is 0. The third-order valence-electron chi connectivity index (χ3n) is 3.54. The van der Waals surface area contributed by atoms with Gasteiger partial charge in [0.2, 0.25) is 0 Å². The van der Waals surface area contributed by atoms with Crippen molar-refractivity contribution in [3.63, 3.8) is 0 Å². The molecule has 0 amide bonds. The number of allylic oxidation sites excluding steroid dienone is 3. The molecule has 0 aliphatic carbocycles. The predicted octanol–water partition coefficient (Wildman–Crippen LogP) is 7.78. The van der Waals surface area contributed by atoms with Crippen LogP contribution in [0.25, 0.3) is 0 Å². The summed E-state index contributed by atoms with van der Waals surface area (Å²) in [5.74, 6) is 0. The Balaban J connectivity index is 2.35. The van der Waals surface area contributed by atoms with Gasteiger partial charge < -0.3 is 4.90 Å². The third kappa shape index (κ3) is 5.22. The van der Waals surface area contributed by atoms with Crippen LogP contribution >= 0.6 is 31.9 Å². The molecule has 0 spiro atoms. The molecule has 0 atom stereocenters. The smallest absolute Gasteiger partial charge is 0.0462 e. The van der Waals surface area contributed by atoms with Crippen LogP contribution in [0.3, 0.4) is 0 Å². The second kappa shape index (κ2) is 9.05. The largest absolute Gasteiger partial charge is 0.311 e. The molecule has 0 saturated heterocycles. The average Bonchev–Trinajstić information content (AvgIpc) is 2.57. The number of halogens is 2. The van der Waals surface area contributed by atoms with Gasteiger partial charge in [-0.3, -0.25) is 0 Å². The fraction of sp³-hybridized carbons (Fsp3) is 0.143. The Labute approximate surface area is 161 Å². The van der Waals surface area contributed by atoms with Crippen LogP contribution in [-0.2, 0) is 0 Å². The molecule has 0 aliphatic heterocycles. The van der Waals surface area contributed by atoms with Gasteiger partial charge in [0.15, 0.2) is 0 Å². The van der Waals surface area contributed by atoms with Crippen LogP contribution < -0.4 is 4.90 Å². The van der Waals surface area contributed by atoms with E-state index < -0.39 is 0 Å².